The average molecular weight is 385 g/mol. The van der Waals surface area contributed by atoms with Gasteiger partial charge in [0.15, 0.2) is 0 Å². The Bertz CT molecular complexity index is 685. The molecule has 150 valence electrons. The number of carbonyl (C=O) groups is 1. The Morgan fingerprint density at radius 3 is 2.44 bits per heavy atom. The summed E-state index contributed by atoms with van der Waals surface area (Å²) in [6.45, 7) is 7.36. The molecular weight excluding hydrogens is 359 g/mol. The van der Waals surface area contributed by atoms with Crippen LogP contribution in [0.5, 0.6) is 5.75 Å². The van der Waals surface area contributed by atoms with E-state index in [0.717, 1.165) is 31.5 Å². The monoisotopic (exact) mass is 385 g/mol. The van der Waals surface area contributed by atoms with Gasteiger partial charge >= 0.3 is 12.4 Å². The average Bonchev–Trinajstić information content (AvgIpc) is 3.09. The van der Waals surface area contributed by atoms with Crippen molar-refractivity contribution >= 4 is 6.03 Å². The van der Waals surface area contributed by atoms with E-state index in [1.807, 2.05) is 20.8 Å². The van der Waals surface area contributed by atoms with Crippen LogP contribution in [0.1, 0.15) is 39.2 Å². The predicted octanol–water partition coefficient (Wildman–Crippen LogP) is 3.51. The molecule has 2 amide bonds. The molecule has 27 heavy (non-hydrogen) atoms. The Kier molecular flexibility index (Phi) is 5.05. The minimum absolute atomic E-state index is 0.192. The van der Waals surface area contributed by atoms with Gasteiger partial charge in [-0.1, -0.05) is 12.1 Å². The summed E-state index contributed by atoms with van der Waals surface area (Å²) in [7, 11) is 0. The number of hydrogen-bond acceptors (Lipinski definition) is 3. The molecule has 3 atom stereocenters. The lowest BCUT2D eigenvalue weighted by atomic mass is 9.79. The largest absolute Gasteiger partial charge is 0.573 e. The number of nitrogens with one attached hydrogen (secondary N) is 3. The summed E-state index contributed by atoms with van der Waals surface area (Å²) < 4.78 is 41.3. The van der Waals surface area contributed by atoms with E-state index in [2.05, 4.69) is 20.7 Å². The van der Waals surface area contributed by atoms with Crippen LogP contribution in [-0.4, -0.2) is 31.0 Å². The molecule has 1 saturated carbocycles. The maximum atomic E-state index is 12.6. The fourth-order valence-corrected chi connectivity index (χ4v) is 4.33. The third-order valence-electron chi connectivity index (χ3n) is 5.31. The Morgan fingerprint density at radius 2 is 1.85 bits per heavy atom. The first-order valence-electron chi connectivity index (χ1n) is 9.16. The summed E-state index contributed by atoms with van der Waals surface area (Å²) in [5.74, 6) is 0.364. The van der Waals surface area contributed by atoms with Gasteiger partial charge in [-0.2, -0.15) is 0 Å². The first-order chi connectivity index (χ1) is 12.5. The lowest BCUT2D eigenvalue weighted by molar-refractivity contribution is -0.274. The van der Waals surface area contributed by atoms with E-state index in [1.165, 1.54) is 12.1 Å². The van der Waals surface area contributed by atoms with Gasteiger partial charge in [-0.15, -0.1) is 13.2 Å². The van der Waals surface area contributed by atoms with Crippen molar-refractivity contribution in [2.45, 2.75) is 51.1 Å². The highest BCUT2D eigenvalue weighted by molar-refractivity contribution is 5.76. The highest BCUT2D eigenvalue weighted by Gasteiger charge is 2.52. The smallest absolute Gasteiger partial charge is 0.406 e. The number of fused-ring (bicyclic) bond motifs is 1. The molecule has 1 aromatic rings. The van der Waals surface area contributed by atoms with Crippen LogP contribution in [0, 0.1) is 11.8 Å². The minimum atomic E-state index is -4.72. The molecule has 0 bridgehead atoms. The van der Waals surface area contributed by atoms with Crippen molar-refractivity contribution in [3.63, 3.8) is 0 Å². The number of alkyl halides is 3. The summed E-state index contributed by atoms with van der Waals surface area (Å²) in [5.41, 5.74) is -0.195. The van der Waals surface area contributed by atoms with Crippen molar-refractivity contribution in [3.8, 4) is 5.75 Å². The molecule has 1 aliphatic carbocycles. The van der Waals surface area contributed by atoms with E-state index in [1.54, 1.807) is 12.1 Å². The van der Waals surface area contributed by atoms with E-state index >= 15 is 0 Å². The fourth-order valence-electron chi connectivity index (χ4n) is 4.33. The van der Waals surface area contributed by atoms with Gasteiger partial charge in [-0.25, -0.2) is 4.79 Å². The second-order valence-electron chi connectivity index (χ2n) is 8.44. The summed E-state index contributed by atoms with van der Waals surface area (Å²) in [6, 6.07) is 5.59. The molecule has 1 saturated heterocycles. The molecule has 5 nitrogen and oxygen atoms in total. The lowest BCUT2D eigenvalue weighted by Gasteiger charge is -2.38. The fraction of sp³-hybridized carbons (Fsp3) is 0.632. The molecule has 1 heterocycles. The van der Waals surface area contributed by atoms with Crippen LogP contribution < -0.4 is 20.7 Å². The van der Waals surface area contributed by atoms with Crippen molar-refractivity contribution in [1.29, 1.82) is 0 Å². The Labute approximate surface area is 157 Å². The highest BCUT2D eigenvalue weighted by atomic mass is 19.4. The zero-order valence-electron chi connectivity index (χ0n) is 15.7. The third kappa shape index (κ3) is 4.48. The van der Waals surface area contributed by atoms with E-state index in [-0.39, 0.29) is 23.2 Å². The highest BCUT2D eigenvalue weighted by Crippen LogP contribution is 2.49. The summed E-state index contributed by atoms with van der Waals surface area (Å²) in [4.78, 5) is 12.6. The van der Waals surface area contributed by atoms with E-state index in [9.17, 15) is 18.0 Å². The van der Waals surface area contributed by atoms with Gasteiger partial charge in [0.25, 0.3) is 0 Å². The van der Waals surface area contributed by atoms with Crippen molar-refractivity contribution in [3.05, 3.63) is 29.8 Å². The summed E-state index contributed by atoms with van der Waals surface area (Å²) >= 11 is 0. The van der Waals surface area contributed by atoms with Crippen LogP contribution in [0.25, 0.3) is 0 Å². The molecule has 0 spiro atoms. The first kappa shape index (κ1) is 19.8. The van der Waals surface area contributed by atoms with Crippen molar-refractivity contribution < 1.29 is 22.7 Å². The van der Waals surface area contributed by atoms with Crippen LogP contribution in [0.15, 0.2) is 24.3 Å². The normalized spacial score (nSPS) is 27.9. The van der Waals surface area contributed by atoms with E-state index in [0.29, 0.717) is 5.92 Å². The quantitative estimate of drug-likeness (QED) is 0.746. The lowest BCUT2D eigenvalue weighted by Crippen LogP contribution is -2.56. The standard InChI is InChI=1S/C19H26F3N3O2/c1-17(2,3)24-16(26)25-18(9-8-12-10-23-11-15(12)18)13-4-6-14(7-5-13)27-19(20,21)22/h4-7,12,15,23H,8-11H2,1-3H3,(H2,24,25,26)/t12-,15+,18-/m1/s1. The van der Waals surface area contributed by atoms with Gasteiger partial charge < -0.3 is 20.7 Å². The van der Waals surface area contributed by atoms with Gasteiger partial charge in [0.1, 0.15) is 5.75 Å². The maximum absolute atomic E-state index is 12.6. The zero-order valence-corrected chi connectivity index (χ0v) is 15.7. The molecule has 3 rings (SSSR count). The molecule has 2 aliphatic rings. The molecule has 1 aromatic carbocycles. The van der Waals surface area contributed by atoms with Gasteiger partial charge in [0.2, 0.25) is 0 Å². The van der Waals surface area contributed by atoms with E-state index in [4.69, 9.17) is 0 Å². The molecule has 2 fully saturated rings. The maximum Gasteiger partial charge on any atom is 0.573 e. The van der Waals surface area contributed by atoms with Gasteiger partial charge in [-0.3, -0.25) is 0 Å². The van der Waals surface area contributed by atoms with E-state index < -0.39 is 11.9 Å². The van der Waals surface area contributed by atoms with Crippen molar-refractivity contribution in [2.24, 2.45) is 11.8 Å². The Balaban J connectivity index is 1.88. The van der Waals surface area contributed by atoms with Crippen LogP contribution >= 0.6 is 0 Å². The molecule has 3 N–H and O–H groups in total. The SMILES string of the molecule is CC(C)(C)NC(=O)N[C@@]1(c2ccc(OC(F)(F)F)cc2)CC[C@@H]2CNC[C@@H]21. The number of halogens is 3. The predicted molar refractivity (Wildman–Crippen MR) is 95.3 cm³/mol. The number of carbonyl (C=O) groups excluding carboxylic acids is 1. The number of ether oxygens (including phenoxy) is 1. The summed E-state index contributed by atoms with van der Waals surface area (Å²) in [5, 5.41) is 9.44. The molecular formula is C19H26F3N3O2. The number of benzene rings is 1. The Morgan fingerprint density at radius 1 is 1.19 bits per heavy atom. The molecule has 1 aliphatic heterocycles. The Hall–Kier alpha value is -1.96. The van der Waals surface area contributed by atoms with Crippen LogP contribution in [0.4, 0.5) is 18.0 Å². The van der Waals surface area contributed by atoms with Crippen LogP contribution in [-0.2, 0) is 5.54 Å². The van der Waals surface area contributed by atoms with Crippen molar-refractivity contribution in [1.82, 2.24) is 16.0 Å². The van der Waals surface area contributed by atoms with Crippen molar-refractivity contribution in [2.75, 3.05) is 13.1 Å². The second kappa shape index (κ2) is 6.89. The first-order valence-corrected chi connectivity index (χ1v) is 9.16. The van der Waals surface area contributed by atoms with Gasteiger partial charge in [0.05, 0.1) is 5.54 Å². The van der Waals surface area contributed by atoms with Crippen LogP contribution in [0.2, 0.25) is 0 Å². The molecule has 0 radical (unpaired) electrons. The number of amides is 2. The molecule has 8 heteroatoms. The number of hydrogen-bond donors (Lipinski definition) is 3. The van der Waals surface area contributed by atoms with Gasteiger partial charge in [-0.05, 0) is 63.8 Å². The molecule has 0 unspecified atom stereocenters. The topological polar surface area (TPSA) is 62.4 Å². The number of urea groups is 1. The molecule has 0 aromatic heterocycles. The second-order valence-corrected chi connectivity index (χ2v) is 8.44. The minimum Gasteiger partial charge on any atom is -0.406 e. The van der Waals surface area contributed by atoms with Crippen LogP contribution in [0.3, 0.4) is 0 Å². The summed E-state index contributed by atoms with van der Waals surface area (Å²) in [6.07, 6.45) is -3.02. The van der Waals surface area contributed by atoms with Gasteiger partial charge in [0, 0.05) is 18.0 Å². The number of rotatable bonds is 3. The third-order valence-corrected chi connectivity index (χ3v) is 5.31. The zero-order chi connectivity index (χ0) is 19.9.